The van der Waals surface area contributed by atoms with Gasteiger partial charge >= 0.3 is 0 Å². The number of fused-ring (bicyclic) bond motifs is 3. The molecule has 0 saturated carbocycles. The van der Waals surface area contributed by atoms with Gasteiger partial charge in [0.05, 0.1) is 6.26 Å². The zero-order valence-electron chi connectivity index (χ0n) is 14.0. The minimum Gasteiger partial charge on any atom is -0.466 e. The number of imidazole rings is 1. The van der Waals surface area contributed by atoms with Crippen LogP contribution in [0.25, 0.3) is 16.7 Å². The third kappa shape index (κ3) is 2.62. The maximum atomic E-state index is 9.72. The van der Waals surface area contributed by atoms with Crippen LogP contribution in [-0.2, 0) is 13.0 Å². The van der Waals surface area contributed by atoms with Gasteiger partial charge in [-0.15, -0.1) is 0 Å². The lowest BCUT2D eigenvalue weighted by Gasteiger charge is -2.07. The van der Waals surface area contributed by atoms with Crippen LogP contribution in [0.3, 0.4) is 0 Å². The van der Waals surface area contributed by atoms with E-state index in [2.05, 4.69) is 39.8 Å². The van der Waals surface area contributed by atoms with Crippen molar-refractivity contribution < 1.29 is 8.82 Å². The van der Waals surface area contributed by atoms with E-state index in [1.807, 2.05) is 30.3 Å². The summed E-state index contributed by atoms with van der Waals surface area (Å²) in [6.07, 6.45) is 3.53. The number of hydrogen-bond acceptors (Lipinski definition) is 3. The van der Waals surface area contributed by atoms with E-state index in [0.717, 1.165) is 46.7 Å². The molecule has 2 N–H and O–H groups in total. The minimum absolute atomic E-state index is 0.589. The summed E-state index contributed by atoms with van der Waals surface area (Å²) in [6.45, 7) is 2.71. The van der Waals surface area contributed by atoms with Gasteiger partial charge in [0, 0.05) is 6.07 Å². The Balaban J connectivity index is 1.93. The Morgan fingerprint density at radius 2 is 2.12 bits per heavy atom. The van der Waals surface area contributed by atoms with Crippen LogP contribution in [0.2, 0.25) is 0 Å². The van der Waals surface area contributed by atoms with E-state index >= 15 is 0 Å². The molecular formula is C20H19N4O+. The third-order valence-electron chi connectivity index (χ3n) is 4.39. The van der Waals surface area contributed by atoms with Crippen LogP contribution in [-0.4, -0.2) is 4.98 Å². The van der Waals surface area contributed by atoms with Crippen molar-refractivity contribution in [2.75, 3.05) is 5.32 Å². The Morgan fingerprint density at radius 1 is 1.24 bits per heavy atom. The van der Waals surface area contributed by atoms with Gasteiger partial charge in [-0.2, -0.15) is 9.66 Å². The summed E-state index contributed by atoms with van der Waals surface area (Å²) in [5, 5.41) is 13.2. The fraction of sp³-hybridized carbons (Fsp3) is 0.200. The lowest BCUT2D eigenvalue weighted by atomic mass is 10.1. The molecule has 0 aliphatic carbocycles. The van der Waals surface area contributed by atoms with Crippen molar-refractivity contribution in [3.63, 3.8) is 0 Å². The highest BCUT2D eigenvalue weighted by Crippen LogP contribution is 2.22. The summed E-state index contributed by atoms with van der Waals surface area (Å²) in [6, 6.07) is 16.4. The number of pyridine rings is 1. The molecule has 5 heteroatoms. The maximum absolute atomic E-state index is 9.72. The molecule has 3 aromatic heterocycles. The van der Waals surface area contributed by atoms with Gasteiger partial charge in [-0.05, 0) is 36.2 Å². The van der Waals surface area contributed by atoms with E-state index in [4.69, 9.17) is 4.42 Å². The molecule has 0 saturated heterocycles. The molecule has 124 valence electrons. The van der Waals surface area contributed by atoms with E-state index in [1.54, 1.807) is 6.26 Å². The number of aromatic nitrogens is 2. The first-order valence-electron chi connectivity index (χ1n) is 8.46. The van der Waals surface area contributed by atoms with Gasteiger partial charge in [-0.1, -0.05) is 25.5 Å². The Labute approximate surface area is 145 Å². The first-order valence-corrected chi connectivity index (χ1v) is 8.46. The van der Waals surface area contributed by atoms with Crippen molar-refractivity contribution in [3.05, 3.63) is 65.6 Å². The summed E-state index contributed by atoms with van der Waals surface area (Å²) in [7, 11) is 0. The molecule has 0 fully saturated rings. The average molecular weight is 331 g/mol. The van der Waals surface area contributed by atoms with Gasteiger partial charge in [0.2, 0.25) is 11.5 Å². The van der Waals surface area contributed by atoms with Gasteiger partial charge in [0.25, 0.3) is 0 Å². The number of furan rings is 1. The molecule has 0 radical (unpaired) electrons. The predicted molar refractivity (Wildman–Crippen MR) is 96.2 cm³/mol. The van der Waals surface area contributed by atoms with Crippen LogP contribution in [0.1, 0.15) is 30.2 Å². The SMILES string of the molecule is CCCc1cc(NCc2ccco2)[n+]2c([nH]c3ccccc32)c1C#N. The molecular weight excluding hydrogens is 312 g/mol. The standard InChI is InChI=1S/C20H18N4O/c1-2-6-14-11-19(22-13-15-7-5-10-25-15)24-18-9-4-3-8-17(18)23-20(24)16(14)12-21/h3-5,7-11H,2,6,13H2,1H3,(H,22,23)/p+1. The predicted octanol–water partition coefficient (Wildman–Crippen LogP) is 3.94. The summed E-state index contributed by atoms with van der Waals surface area (Å²) in [5.41, 5.74) is 4.64. The number of aryl methyl sites for hydroxylation is 1. The number of nitrogens with zero attached hydrogens (tertiary/aromatic N) is 2. The molecule has 3 heterocycles. The quantitative estimate of drug-likeness (QED) is 0.544. The lowest BCUT2D eigenvalue weighted by Crippen LogP contribution is -2.27. The van der Waals surface area contributed by atoms with Crippen LogP contribution >= 0.6 is 0 Å². The zero-order valence-corrected chi connectivity index (χ0v) is 14.0. The second kappa shape index (κ2) is 6.33. The van der Waals surface area contributed by atoms with E-state index in [-0.39, 0.29) is 0 Å². The zero-order chi connectivity index (χ0) is 17.2. The summed E-state index contributed by atoms with van der Waals surface area (Å²) in [5.74, 6) is 1.82. The Hall–Kier alpha value is -3.26. The summed E-state index contributed by atoms with van der Waals surface area (Å²) < 4.78 is 7.51. The Bertz CT molecular complexity index is 1070. The van der Waals surface area contributed by atoms with Gasteiger partial charge in [0.15, 0.2) is 0 Å². The second-order valence-electron chi connectivity index (χ2n) is 6.05. The topological polar surface area (TPSA) is 68.8 Å². The van der Waals surface area contributed by atoms with Crippen molar-refractivity contribution in [1.82, 2.24) is 4.98 Å². The van der Waals surface area contributed by atoms with Crippen molar-refractivity contribution in [2.45, 2.75) is 26.3 Å². The van der Waals surface area contributed by atoms with Crippen LogP contribution in [0, 0.1) is 11.3 Å². The summed E-state index contributed by atoms with van der Waals surface area (Å²) >= 11 is 0. The number of hydrogen-bond donors (Lipinski definition) is 2. The van der Waals surface area contributed by atoms with Gasteiger partial charge in [0.1, 0.15) is 35.0 Å². The first kappa shape index (κ1) is 15.3. The number of para-hydroxylation sites is 2. The molecule has 0 atom stereocenters. The lowest BCUT2D eigenvalue weighted by molar-refractivity contribution is -0.465. The molecule has 0 aliphatic heterocycles. The summed E-state index contributed by atoms with van der Waals surface area (Å²) in [4.78, 5) is 3.41. The molecule has 5 nitrogen and oxygen atoms in total. The molecule has 0 unspecified atom stereocenters. The third-order valence-corrected chi connectivity index (χ3v) is 4.39. The average Bonchev–Trinajstić information content (AvgIpc) is 3.27. The number of H-pyrrole nitrogens is 1. The minimum atomic E-state index is 0.589. The number of anilines is 1. The van der Waals surface area contributed by atoms with Gasteiger partial charge < -0.3 is 4.42 Å². The highest BCUT2D eigenvalue weighted by Gasteiger charge is 2.21. The molecule has 1 aromatic carbocycles. The normalized spacial score (nSPS) is 11.0. The van der Waals surface area contributed by atoms with Crippen molar-refractivity contribution >= 4 is 22.5 Å². The van der Waals surface area contributed by atoms with Crippen LogP contribution < -0.4 is 9.72 Å². The second-order valence-corrected chi connectivity index (χ2v) is 6.05. The number of benzene rings is 1. The number of nitrogens with one attached hydrogen (secondary N) is 2. The Kier molecular flexibility index (Phi) is 3.87. The molecule has 0 aliphatic rings. The molecule has 4 aromatic rings. The highest BCUT2D eigenvalue weighted by molar-refractivity contribution is 5.77. The van der Waals surface area contributed by atoms with Gasteiger partial charge in [-0.25, -0.2) is 0 Å². The van der Waals surface area contributed by atoms with E-state index in [0.29, 0.717) is 12.1 Å². The van der Waals surface area contributed by atoms with E-state index in [1.165, 1.54) is 0 Å². The number of nitriles is 1. The van der Waals surface area contributed by atoms with Crippen molar-refractivity contribution in [2.24, 2.45) is 0 Å². The van der Waals surface area contributed by atoms with Crippen molar-refractivity contribution in [1.29, 1.82) is 5.26 Å². The van der Waals surface area contributed by atoms with Crippen LogP contribution in [0.5, 0.6) is 0 Å². The molecule has 0 spiro atoms. The van der Waals surface area contributed by atoms with E-state index in [9.17, 15) is 5.26 Å². The van der Waals surface area contributed by atoms with E-state index < -0.39 is 0 Å². The maximum Gasteiger partial charge on any atom is 0.250 e. The Morgan fingerprint density at radius 3 is 2.88 bits per heavy atom. The monoisotopic (exact) mass is 331 g/mol. The molecule has 0 bridgehead atoms. The number of rotatable bonds is 5. The highest BCUT2D eigenvalue weighted by atomic mass is 16.3. The molecule has 4 rings (SSSR count). The largest absolute Gasteiger partial charge is 0.466 e. The van der Waals surface area contributed by atoms with Gasteiger partial charge in [-0.3, -0.25) is 10.3 Å². The fourth-order valence-corrected chi connectivity index (χ4v) is 3.27. The van der Waals surface area contributed by atoms with Crippen LogP contribution in [0.4, 0.5) is 5.82 Å². The molecule has 0 amide bonds. The number of aromatic amines is 1. The fourth-order valence-electron chi connectivity index (χ4n) is 3.27. The molecule has 25 heavy (non-hydrogen) atoms. The first-order chi connectivity index (χ1) is 12.3. The smallest absolute Gasteiger partial charge is 0.250 e. The van der Waals surface area contributed by atoms with Crippen LogP contribution in [0.15, 0.2) is 53.1 Å². The van der Waals surface area contributed by atoms with Crippen molar-refractivity contribution in [3.8, 4) is 6.07 Å².